The number of hydrogen-bond donors (Lipinski definition) is 2. The average molecular weight is 641 g/mol. The van der Waals surface area contributed by atoms with E-state index in [2.05, 4.69) is 4.98 Å². The molecule has 0 amide bonds. The summed E-state index contributed by atoms with van der Waals surface area (Å²) in [5, 5.41) is 24.0. The molecular weight excluding hydrogens is 616 g/mol. The number of aromatic nitrogens is 2. The van der Waals surface area contributed by atoms with Crippen LogP contribution in [0.5, 0.6) is 11.6 Å². The molecule has 2 aromatic heterocycles. The molecule has 3 atom stereocenters. The summed E-state index contributed by atoms with van der Waals surface area (Å²) in [7, 11) is 0. The van der Waals surface area contributed by atoms with Gasteiger partial charge in [0.25, 0.3) is 0 Å². The van der Waals surface area contributed by atoms with Crippen LogP contribution >= 0.6 is 0 Å². The van der Waals surface area contributed by atoms with Crippen molar-refractivity contribution in [3.05, 3.63) is 114 Å². The Morgan fingerprint density at radius 1 is 0.979 bits per heavy atom. The number of carbonyl (C=O) groups is 3. The van der Waals surface area contributed by atoms with Crippen molar-refractivity contribution in [1.82, 2.24) is 9.55 Å². The maximum absolute atomic E-state index is 15.1. The highest BCUT2D eigenvalue weighted by molar-refractivity contribution is 6.19. The van der Waals surface area contributed by atoms with Crippen LogP contribution in [-0.2, 0) is 19.7 Å². The van der Waals surface area contributed by atoms with Crippen molar-refractivity contribution in [3.8, 4) is 17.3 Å². The normalized spacial score (nSPS) is 20.6. The third-order valence-corrected chi connectivity index (χ3v) is 10.3. The number of carbonyl (C=O) groups excluding carboxylic acids is 3. The Kier molecular flexibility index (Phi) is 5.30. The number of pyridine rings is 2. The zero-order valence-corrected chi connectivity index (χ0v) is 25.7. The molecular formula is C37H24N2O9. The van der Waals surface area contributed by atoms with Gasteiger partial charge >= 0.3 is 11.9 Å². The van der Waals surface area contributed by atoms with Gasteiger partial charge in [-0.2, -0.15) is 0 Å². The van der Waals surface area contributed by atoms with Crippen molar-refractivity contribution in [2.75, 3.05) is 6.61 Å². The number of ether oxygens (including phenoxy) is 2. The van der Waals surface area contributed by atoms with Gasteiger partial charge in [-0.15, -0.1) is 0 Å². The minimum absolute atomic E-state index is 0.0662. The first-order valence-corrected chi connectivity index (χ1v) is 15.3. The lowest BCUT2D eigenvalue weighted by molar-refractivity contribution is -0.150. The van der Waals surface area contributed by atoms with Crippen LogP contribution in [0.1, 0.15) is 61.4 Å². The Morgan fingerprint density at radius 3 is 2.54 bits per heavy atom. The van der Waals surface area contributed by atoms with Crippen molar-refractivity contribution < 1.29 is 34.1 Å². The number of phenols is 1. The summed E-state index contributed by atoms with van der Waals surface area (Å²) in [6.45, 7) is 4.05. The number of aromatic hydroxyl groups is 2. The molecule has 0 radical (unpaired) electrons. The Hall–Kier alpha value is -6.10. The molecule has 2 bridgehead atoms. The molecule has 3 heterocycles. The van der Waals surface area contributed by atoms with Gasteiger partial charge in [0, 0.05) is 52.3 Å². The zero-order valence-electron chi connectivity index (χ0n) is 25.7. The number of rotatable bonds is 2. The van der Waals surface area contributed by atoms with Gasteiger partial charge in [-0.1, -0.05) is 6.07 Å². The van der Waals surface area contributed by atoms with E-state index in [1.807, 2.05) is 6.07 Å². The predicted octanol–water partition coefficient (Wildman–Crippen LogP) is 4.20. The minimum atomic E-state index is -1.65. The molecule has 1 aliphatic heterocycles. The molecule has 3 aliphatic rings. The fraction of sp³-hybridized carbons (Fsp3) is 0.189. The van der Waals surface area contributed by atoms with E-state index in [4.69, 9.17) is 9.47 Å². The van der Waals surface area contributed by atoms with Gasteiger partial charge in [0.2, 0.25) is 5.88 Å². The van der Waals surface area contributed by atoms with Crippen molar-refractivity contribution in [1.29, 1.82) is 0 Å². The lowest BCUT2D eigenvalue weighted by Gasteiger charge is -2.44. The summed E-state index contributed by atoms with van der Waals surface area (Å²) in [5.74, 6) is -4.13. The molecule has 11 nitrogen and oxygen atoms in total. The fourth-order valence-corrected chi connectivity index (χ4v) is 8.58. The molecule has 2 aliphatic carbocycles. The van der Waals surface area contributed by atoms with Crippen molar-refractivity contribution in [2.45, 2.75) is 38.2 Å². The minimum Gasteiger partial charge on any atom is -0.507 e. The second-order valence-electron chi connectivity index (χ2n) is 12.8. The predicted molar refractivity (Wildman–Crippen MR) is 173 cm³/mol. The van der Waals surface area contributed by atoms with Crippen LogP contribution in [0.25, 0.3) is 38.1 Å². The van der Waals surface area contributed by atoms with Crippen molar-refractivity contribution in [2.24, 2.45) is 0 Å². The summed E-state index contributed by atoms with van der Waals surface area (Å²) in [5.41, 5.74) is -0.478. The van der Waals surface area contributed by atoms with Crippen molar-refractivity contribution >= 4 is 50.2 Å². The van der Waals surface area contributed by atoms with Gasteiger partial charge in [-0.3, -0.25) is 28.7 Å². The second-order valence-corrected chi connectivity index (χ2v) is 12.8. The summed E-state index contributed by atoms with van der Waals surface area (Å²) >= 11 is 0. The van der Waals surface area contributed by atoms with E-state index in [0.29, 0.717) is 27.7 Å². The van der Waals surface area contributed by atoms with Crippen LogP contribution in [0.2, 0.25) is 0 Å². The summed E-state index contributed by atoms with van der Waals surface area (Å²) < 4.78 is 12.9. The smallest absolute Gasteiger partial charge is 0.342 e. The SMILES string of the molecule is CC(=O)O[C@H]1[C@@H]2C(=O)c3c(C)cc(O)c4c3[C@@]1(COC4=O)c1c2c2c(C)cc(=O)c3c(O)n(-c4ccc5ncccc5c4)cc(c1=O)c23. The molecule has 2 N–H and O–H groups in total. The van der Waals surface area contributed by atoms with Gasteiger partial charge in [-0.05, 0) is 77.9 Å². The maximum atomic E-state index is 15.1. The fourth-order valence-electron chi connectivity index (χ4n) is 8.58. The van der Waals surface area contributed by atoms with E-state index in [1.54, 1.807) is 44.3 Å². The second kappa shape index (κ2) is 9.03. The first-order valence-electron chi connectivity index (χ1n) is 15.3. The molecule has 0 saturated carbocycles. The Morgan fingerprint density at radius 2 is 1.77 bits per heavy atom. The zero-order chi connectivity index (χ0) is 33.5. The Bertz CT molecular complexity index is 2680. The highest BCUT2D eigenvalue weighted by Crippen LogP contribution is 2.61. The molecule has 0 saturated heterocycles. The van der Waals surface area contributed by atoms with Gasteiger partial charge < -0.3 is 19.7 Å². The Labute approximate surface area is 269 Å². The first kappa shape index (κ1) is 28.1. The average Bonchev–Trinajstić information content (AvgIpc) is 3.25. The highest BCUT2D eigenvalue weighted by atomic mass is 16.6. The van der Waals surface area contributed by atoms with Crippen LogP contribution < -0.4 is 10.9 Å². The summed E-state index contributed by atoms with van der Waals surface area (Å²) in [6, 6.07) is 11.5. The number of ketones is 1. The van der Waals surface area contributed by atoms with Gasteiger partial charge in [0.15, 0.2) is 16.6 Å². The number of benzene rings is 4. The first-order chi connectivity index (χ1) is 23.0. The quantitative estimate of drug-likeness (QED) is 0.262. The van der Waals surface area contributed by atoms with E-state index < -0.39 is 64.3 Å². The van der Waals surface area contributed by atoms with Crippen LogP contribution in [0.15, 0.2) is 64.4 Å². The van der Waals surface area contributed by atoms with Gasteiger partial charge in [-0.25, -0.2) is 4.79 Å². The standard InChI is InChI=1S/C37H24N2O9/c1-14-9-21(41)26-25-19(12-39(35(26)45)18-6-7-20-17(11-18)5-4-8-38-20)32(43)31-28(23(14)25)29-33(44)24-15(2)10-22(42)27-30(24)37(31,13-47-36(27)46)34(29)48-16(3)40/h4-12,29,34,42,45H,13H2,1-3H3/t29-,34-,37-/m0/s1. The largest absolute Gasteiger partial charge is 0.507 e. The number of fused-ring (bicyclic) bond motifs is 5. The number of phenolic OH excluding ortho intramolecular Hbond substituents is 1. The number of aryl methyl sites for hydroxylation is 2. The summed E-state index contributed by atoms with van der Waals surface area (Å²) in [6.07, 6.45) is 1.81. The third kappa shape index (κ3) is 3.17. The number of hydrogen-bond acceptors (Lipinski definition) is 10. The lowest BCUT2D eigenvalue weighted by Crippen LogP contribution is -2.55. The monoisotopic (exact) mass is 640 g/mol. The van der Waals surface area contributed by atoms with Crippen LogP contribution in [-0.4, -0.2) is 50.2 Å². The van der Waals surface area contributed by atoms with Crippen molar-refractivity contribution in [3.63, 3.8) is 0 Å². The van der Waals surface area contributed by atoms with Crippen LogP contribution in [0.3, 0.4) is 0 Å². The number of cyclic esters (lactones) is 1. The molecule has 0 unspecified atom stereocenters. The molecule has 0 fully saturated rings. The third-order valence-electron chi connectivity index (χ3n) is 10.3. The molecule has 6 aromatic rings. The maximum Gasteiger partial charge on any atom is 0.342 e. The molecule has 9 rings (SSSR count). The van der Waals surface area contributed by atoms with E-state index in [1.165, 1.54) is 29.8 Å². The highest BCUT2D eigenvalue weighted by Gasteiger charge is 2.67. The van der Waals surface area contributed by atoms with E-state index in [0.717, 1.165) is 5.39 Å². The molecule has 11 heteroatoms. The van der Waals surface area contributed by atoms with Gasteiger partial charge in [0.05, 0.1) is 22.2 Å². The Balaban J connectivity index is 1.49. The van der Waals surface area contributed by atoms with E-state index >= 15 is 4.79 Å². The number of esters is 2. The molecule has 236 valence electrons. The number of nitrogens with zero attached hydrogens (tertiary/aromatic N) is 2. The van der Waals surface area contributed by atoms with Gasteiger partial charge in [0.1, 0.15) is 24.0 Å². The summed E-state index contributed by atoms with van der Waals surface area (Å²) in [4.78, 5) is 73.7. The van der Waals surface area contributed by atoms with Crippen LogP contribution in [0.4, 0.5) is 0 Å². The lowest BCUT2D eigenvalue weighted by atomic mass is 9.63. The van der Waals surface area contributed by atoms with E-state index in [-0.39, 0.29) is 44.0 Å². The number of Topliss-reactive ketones (excluding diaryl/α,β-unsaturated/α-hetero) is 1. The molecule has 48 heavy (non-hydrogen) atoms. The molecule has 1 spiro atoms. The topological polar surface area (TPSA) is 162 Å². The van der Waals surface area contributed by atoms with E-state index in [9.17, 15) is 29.4 Å². The molecule has 4 aromatic carbocycles. The van der Waals surface area contributed by atoms with Crippen LogP contribution in [0, 0.1) is 13.8 Å².